The molecule has 1 aromatic rings. The molecule has 3 nitrogen and oxygen atoms in total. The third-order valence-electron chi connectivity index (χ3n) is 3.05. The lowest BCUT2D eigenvalue weighted by atomic mass is 10.1. The number of halogens is 2. The highest BCUT2D eigenvalue weighted by Gasteiger charge is 2.14. The fraction of sp³-hybridized carbons (Fsp3) is 0.462. The summed E-state index contributed by atoms with van der Waals surface area (Å²) < 4.78 is 13.7. The molecule has 1 aliphatic heterocycles. The zero-order valence-electron chi connectivity index (χ0n) is 10.0. The molecule has 0 saturated carbocycles. The number of piperidine rings is 1. The van der Waals surface area contributed by atoms with Crippen molar-refractivity contribution in [2.45, 2.75) is 25.3 Å². The van der Waals surface area contributed by atoms with Crippen LogP contribution in [0, 0.1) is 5.82 Å². The third kappa shape index (κ3) is 3.78. The van der Waals surface area contributed by atoms with Crippen molar-refractivity contribution in [3.63, 3.8) is 0 Å². The van der Waals surface area contributed by atoms with E-state index in [9.17, 15) is 9.18 Å². The smallest absolute Gasteiger partial charge is 0.251 e. The van der Waals surface area contributed by atoms with Gasteiger partial charge in [0.1, 0.15) is 5.82 Å². The Labute approximate surface area is 114 Å². The molecule has 0 bridgehead atoms. The first-order valence-corrected chi connectivity index (χ1v) is 6.92. The van der Waals surface area contributed by atoms with Crippen LogP contribution < -0.4 is 10.6 Å². The van der Waals surface area contributed by atoms with E-state index in [0.717, 1.165) is 13.0 Å². The van der Waals surface area contributed by atoms with Crippen LogP contribution in [-0.4, -0.2) is 25.0 Å². The Bertz CT molecular complexity index is 413. The van der Waals surface area contributed by atoms with Crippen molar-refractivity contribution in [3.8, 4) is 0 Å². The molecule has 98 valence electrons. The summed E-state index contributed by atoms with van der Waals surface area (Å²) in [6.45, 7) is 1.60. The number of amides is 1. The Balaban J connectivity index is 1.90. The van der Waals surface area contributed by atoms with Gasteiger partial charge < -0.3 is 10.6 Å². The summed E-state index contributed by atoms with van der Waals surface area (Å²) in [5.41, 5.74) is 0.345. The van der Waals surface area contributed by atoms with Gasteiger partial charge in [-0.2, -0.15) is 0 Å². The highest BCUT2D eigenvalue weighted by Crippen LogP contribution is 2.15. The number of hydrogen-bond acceptors (Lipinski definition) is 2. The van der Waals surface area contributed by atoms with Crippen LogP contribution in [0.3, 0.4) is 0 Å². The number of hydrogen-bond donors (Lipinski definition) is 2. The molecule has 5 heteroatoms. The molecule has 0 spiro atoms. The second-order valence-corrected chi connectivity index (χ2v) is 5.43. The van der Waals surface area contributed by atoms with Gasteiger partial charge in [0.2, 0.25) is 0 Å². The normalized spacial score (nSPS) is 19.6. The minimum Gasteiger partial charge on any atom is -0.350 e. The molecule has 1 aliphatic rings. The van der Waals surface area contributed by atoms with Crippen molar-refractivity contribution in [2.24, 2.45) is 0 Å². The van der Waals surface area contributed by atoms with E-state index in [0.29, 0.717) is 22.6 Å². The van der Waals surface area contributed by atoms with Gasteiger partial charge >= 0.3 is 0 Å². The van der Waals surface area contributed by atoms with E-state index in [1.54, 1.807) is 6.07 Å². The van der Waals surface area contributed by atoms with E-state index in [-0.39, 0.29) is 5.91 Å². The molecule has 1 aromatic carbocycles. The standard InChI is InChI=1S/C13H16BrFN2O/c14-10-5-9(6-11(15)7-10)13(18)17-8-12-3-1-2-4-16-12/h5-7,12,16H,1-4,8H2,(H,17,18). The maximum atomic E-state index is 13.2. The number of benzene rings is 1. The van der Waals surface area contributed by atoms with Gasteiger partial charge in [-0.05, 0) is 37.6 Å². The topological polar surface area (TPSA) is 41.1 Å². The molecule has 1 unspecified atom stereocenters. The molecule has 2 rings (SSSR count). The van der Waals surface area contributed by atoms with Crippen molar-refractivity contribution in [1.29, 1.82) is 0 Å². The van der Waals surface area contributed by atoms with Crippen molar-refractivity contribution in [1.82, 2.24) is 10.6 Å². The van der Waals surface area contributed by atoms with Gasteiger partial charge in [0.15, 0.2) is 0 Å². The van der Waals surface area contributed by atoms with Crippen LogP contribution >= 0.6 is 15.9 Å². The maximum Gasteiger partial charge on any atom is 0.251 e. The summed E-state index contributed by atoms with van der Waals surface area (Å²) in [7, 11) is 0. The molecule has 1 heterocycles. The zero-order chi connectivity index (χ0) is 13.0. The maximum absolute atomic E-state index is 13.2. The molecule has 1 atom stereocenters. The van der Waals surface area contributed by atoms with Gasteiger partial charge in [-0.1, -0.05) is 22.4 Å². The SMILES string of the molecule is O=C(NCC1CCCCN1)c1cc(F)cc(Br)c1. The zero-order valence-corrected chi connectivity index (χ0v) is 11.6. The molecule has 1 fully saturated rings. The minimum absolute atomic E-state index is 0.234. The van der Waals surface area contributed by atoms with E-state index in [1.165, 1.54) is 25.0 Å². The van der Waals surface area contributed by atoms with Crippen LogP contribution in [0.25, 0.3) is 0 Å². The van der Waals surface area contributed by atoms with Gasteiger partial charge in [0.05, 0.1) is 0 Å². The van der Waals surface area contributed by atoms with Gasteiger partial charge in [-0.3, -0.25) is 4.79 Å². The average Bonchev–Trinajstić information content (AvgIpc) is 2.36. The Kier molecular flexibility index (Phi) is 4.72. The van der Waals surface area contributed by atoms with Crippen LogP contribution in [0.1, 0.15) is 29.6 Å². The minimum atomic E-state index is -0.412. The molecule has 2 N–H and O–H groups in total. The lowest BCUT2D eigenvalue weighted by Crippen LogP contribution is -2.43. The lowest BCUT2D eigenvalue weighted by Gasteiger charge is -2.23. The monoisotopic (exact) mass is 314 g/mol. The summed E-state index contributed by atoms with van der Waals surface area (Å²) in [4.78, 5) is 11.9. The van der Waals surface area contributed by atoms with Crippen LogP contribution in [0.15, 0.2) is 22.7 Å². The quantitative estimate of drug-likeness (QED) is 0.900. The number of nitrogens with one attached hydrogen (secondary N) is 2. The highest BCUT2D eigenvalue weighted by atomic mass is 79.9. The number of carbonyl (C=O) groups is 1. The van der Waals surface area contributed by atoms with E-state index >= 15 is 0 Å². The second-order valence-electron chi connectivity index (χ2n) is 4.51. The van der Waals surface area contributed by atoms with E-state index < -0.39 is 5.82 Å². The van der Waals surface area contributed by atoms with Crippen LogP contribution in [0.4, 0.5) is 4.39 Å². The number of rotatable bonds is 3. The molecule has 0 radical (unpaired) electrons. The van der Waals surface area contributed by atoms with E-state index in [1.807, 2.05) is 0 Å². The molecule has 0 aliphatic carbocycles. The van der Waals surface area contributed by atoms with E-state index in [2.05, 4.69) is 26.6 Å². The summed E-state index contributed by atoms with van der Waals surface area (Å²) in [6, 6.07) is 4.53. The van der Waals surface area contributed by atoms with Gasteiger partial charge in [0, 0.05) is 22.6 Å². The van der Waals surface area contributed by atoms with Crippen molar-refractivity contribution >= 4 is 21.8 Å². The van der Waals surface area contributed by atoms with Crippen molar-refractivity contribution < 1.29 is 9.18 Å². The first kappa shape index (κ1) is 13.5. The molecular formula is C13H16BrFN2O. The molecule has 18 heavy (non-hydrogen) atoms. The van der Waals surface area contributed by atoms with Crippen LogP contribution in [-0.2, 0) is 0 Å². The van der Waals surface area contributed by atoms with Crippen molar-refractivity contribution in [3.05, 3.63) is 34.1 Å². The summed E-state index contributed by atoms with van der Waals surface area (Å²) in [5, 5.41) is 6.18. The molecule has 1 saturated heterocycles. The van der Waals surface area contributed by atoms with Crippen LogP contribution in [0.5, 0.6) is 0 Å². The Morgan fingerprint density at radius 3 is 2.94 bits per heavy atom. The Morgan fingerprint density at radius 1 is 1.44 bits per heavy atom. The number of carbonyl (C=O) groups excluding carboxylic acids is 1. The Hall–Kier alpha value is -0.940. The van der Waals surface area contributed by atoms with Gasteiger partial charge in [-0.15, -0.1) is 0 Å². The summed E-state index contributed by atoms with van der Waals surface area (Å²) in [6.07, 6.45) is 3.47. The summed E-state index contributed by atoms with van der Waals surface area (Å²) >= 11 is 3.18. The molecule has 1 amide bonds. The van der Waals surface area contributed by atoms with Crippen LogP contribution in [0.2, 0.25) is 0 Å². The van der Waals surface area contributed by atoms with Gasteiger partial charge in [0.25, 0.3) is 5.91 Å². The molecular weight excluding hydrogens is 299 g/mol. The fourth-order valence-corrected chi connectivity index (χ4v) is 2.57. The second kappa shape index (κ2) is 6.29. The lowest BCUT2D eigenvalue weighted by molar-refractivity contribution is 0.0947. The predicted octanol–water partition coefficient (Wildman–Crippen LogP) is 2.46. The summed E-state index contributed by atoms with van der Waals surface area (Å²) in [5.74, 6) is -0.645. The highest BCUT2D eigenvalue weighted by molar-refractivity contribution is 9.10. The van der Waals surface area contributed by atoms with Crippen molar-refractivity contribution in [2.75, 3.05) is 13.1 Å². The van der Waals surface area contributed by atoms with Gasteiger partial charge in [-0.25, -0.2) is 4.39 Å². The largest absolute Gasteiger partial charge is 0.350 e. The van der Waals surface area contributed by atoms with E-state index in [4.69, 9.17) is 0 Å². The third-order valence-corrected chi connectivity index (χ3v) is 3.50. The average molecular weight is 315 g/mol. The predicted molar refractivity (Wildman–Crippen MR) is 72.1 cm³/mol. The first-order valence-electron chi connectivity index (χ1n) is 6.13. The first-order chi connectivity index (χ1) is 8.65. The Morgan fingerprint density at radius 2 is 2.28 bits per heavy atom. The fourth-order valence-electron chi connectivity index (χ4n) is 2.10. The molecule has 0 aromatic heterocycles.